The number of nitrogens with zero attached hydrogens (tertiary/aromatic N) is 1. The first-order valence-corrected chi connectivity index (χ1v) is 8.30. The van der Waals surface area contributed by atoms with E-state index < -0.39 is 5.82 Å². The normalized spacial score (nSPS) is 10.4. The average molecular weight is 383 g/mol. The molecule has 1 N–H and O–H groups in total. The van der Waals surface area contributed by atoms with Crippen molar-refractivity contribution in [2.24, 2.45) is 0 Å². The van der Waals surface area contributed by atoms with Gasteiger partial charge in [0.1, 0.15) is 5.82 Å². The molecule has 25 heavy (non-hydrogen) atoms. The monoisotopic (exact) mass is 382 g/mol. The molecule has 0 fully saturated rings. The second kappa shape index (κ2) is 8.83. The number of rotatable bonds is 6. The zero-order valence-electron chi connectivity index (χ0n) is 13.6. The van der Waals surface area contributed by atoms with Crippen LogP contribution < -0.4 is 5.32 Å². The Morgan fingerprint density at radius 1 is 1.08 bits per heavy atom. The summed E-state index contributed by atoms with van der Waals surface area (Å²) in [4.78, 5) is 25.4. The second-order valence-electron chi connectivity index (χ2n) is 5.58. The number of nitrogens with one attached hydrogen (secondary N) is 1. The lowest BCUT2D eigenvalue weighted by Crippen LogP contribution is -2.38. The Hall–Kier alpha value is -2.11. The van der Waals surface area contributed by atoms with Gasteiger partial charge in [-0.05, 0) is 35.4 Å². The van der Waals surface area contributed by atoms with Crippen LogP contribution in [-0.2, 0) is 22.6 Å². The van der Waals surface area contributed by atoms with Crippen LogP contribution in [0.1, 0.15) is 11.1 Å². The van der Waals surface area contributed by atoms with Crippen LogP contribution in [0.5, 0.6) is 0 Å². The summed E-state index contributed by atoms with van der Waals surface area (Å²) in [5.41, 5.74) is 1.38. The summed E-state index contributed by atoms with van der Waals surface area (Å²) in [6.07, 6.45) is 0.0154. The minimum absolute atomic E-state index is 0.0154. The number of carbonyl (C=O) groups excluding carboxylic acids is 2. The quantitative estimate of drug-likeness (QED) is 0.831. The largest absolute Gasteiger partial charge is 0.347 e. The molecule has 0 heterocycles. The molecule has 0 atom stereocenters. The van der Waals surface area contributed by atoms with Gasteiger partial charge in [0.2, 0.25) is 11.8 Å². The van der Waals surface area contributed by atoms with E-state index in [0.717, 1.165) is 5.56 Å². The molecule has 0 aliphatic carbocycles. The van der Waals surface area contributed by atoms with Gasteiger partial charge in [0, 0.05) is 13.6 Å². The van der Waals surface area contributed by atoms with Crippen molar-refractivity contribution in [1.82, 2.24) is 10.2 Å². The van der Waals surface area contributed by atoms with E-state index in [-0.39, 0.29) is 24.8 Å². The molecule has 0 aromatic heterocycles. The van der Waals surface area contributed by atoms with E-state index >= 15 is 0 Å². The Morgan fingerprint density at radius 3 is 2.52 bits per heavy atom. The van der Waals surface area contributed by atoms with E-state index in [9.17, 15) is 14.0 Å². The predicted molar refractivity (Wildman–Crippen MR) is 96.0 cm³/mol. The summed E-state index contributed by atoms with van der Waals surface area (Å²) in [7, 11) is 1.63. The van der Waals surface area contributed by atoms with Crippen LogP contribution in [-0.4, -0.2) is 30.3 Å². The minimum Gasteiger partial charge on any atom is -0.347 e. The van der Waals surface area contributed by atoms with Crippen LogP contribution in [0.2, 0.25) is 10.0 Å². The van der Waals surface area contributed by atoms with Gasteiger partial charge in [-0.3, -0.25) is 9.59 Å². The number of hydrogen-bond acceptors (Lipinski definition) is 2. The highest BCUT2D eigenvalue weighted by molar-refractivity contribution is 6.42. The fourth-order valence-electron chi connectivity index (χ4n) is 2.20. The Labute approximate surface area is 155 Å². The van der Waals surface area contributed by atoms with E-state index in [2.05, 4.69) is 5.32 Å². The van der Waals surface area contributed by atoms with Crippen LogP contribution in [0.4, 0.5) is 4.39 Å². The Balaban J connectivity index is 1.82. The van der Waals surface area contributed by atoms with Crippen LogP contribution in [0.15, 0.2) is 42.5 Å². The molecule has 0 unspecified atom stereocenters. The highest BCUT2D eigenvalue weighted by Gasteiger charge is 2.12. The van der Waals surface area contributed by atoms with Crippen molar-refractivity contribution in [3.05, 3.63) is 69.5 Å². The molecule has 2 aromatic carbocycles. The third-order valence-corrected chi connectivity index (χ3v) is 4.26. The van der Waals surface area contributed by atoms with E-state index in [1.54, 1.807) is 31.3 Å². The SMILES string of the molecule is CN(Cc1ccc(Cl)c(Cl)c1)C(=O)CNC(=O)Cc1cccc(F)c1. The Bertz CT molecular complexity index is 783. The first kappa shape index (κ1) is 19.2. The molecule has 132 valence electrons. The fraction of sp³-hybridized carbons (Fsp3) is 0.222. The average Bonchev–Trinajstić information content (AvgIpc) is 2.56. The van der Waals surface area contributed by atoms with Gasteiger partial charge >= 0.3 is 0 Å². The van der Waals surface area contributed by atoms with Crippen LogP contribution in [0, 0.1) is 5.82 Å². The number of benzene rings is 2. The van der Waals surface area contributed by atoms with Crippen molar-refractivity contribution in [2.75, 3.05) is 13.6 Å². The van der Waals surface area contributed by atoms with Crippen molar-refractivity contribution in [3.63, 3.8) is 0 Å². The maximum Gasteiger partial charge on any atom is 0.242 e. The summed E-state index contributed by atoms with van der Waals surface area (Å²) in [6.45, 7) is 0.210. The Kier molecular flexibility index (Phi) is 6.79. The molecule has 2 aromatic rings. The molecule has 4 nitrogen and oxygen atoms in total. The number of halogens is 3. The highest BCUT2D eigenvalue weighted by Crippen LogP contribution is 2.23. The topological polar surface area (TPSA) is 49.4 Å². The molecule has 7 heteroatoms. The van der Waals surface area contributed by atoms with Gasteiger partial charge in [-0.1, -0.05) is 41.4 Å². The molecule has 2 rings (SSSR count). The van der Waals surface area contributed by atoms with Gasteiger partial charge in [0.15, 0.2) is 0 Å². The molecular formula is C18H17Cl2FN2O2. The summed E-state index contributed by atoms with van der Waals surface area (Å²) in [6, 6.07) is 10.9. The van der Waals surface area contributed by atoms with Crippen molar-refractivity contribution in [1.29, 1.82) is 0 Å². The zero-order chi connectivity index (χ0) is 18.4. The number of hydrogen-bond donors (Lipinski definition) is 1. The lowest BCUT2D eigenvalue weighted by atomic mass is 10.1. The first-order chi connectivity index (χ1) is 11.8. The third kappa shape index (κ3) is 6.03. The van der Waals surface area contributed by atoms with Gasteiger partial charge in [-0.15, -0.1) is 0 Å². The van der Waals surface area contributed by atoms with Gasteiger partial charge in [0.25, 0.3) is 0 Å². The predicted octanol–water partition coefficient (Wildman–Crippen LogP) is 3.45. The van der Waals surface area contributed by atoms with Gasteiger partial charge in [0.05, 0.1) is 23.0 Å². The highest BCUT2D eigenvalue weighted by atomic mass is 35.5. The van der Waals surface area contributed by atoms with Crippen molar-refractivity contribution in [2.45, 2.75) is 13.0 Å². The molecule has 0 radical (unpaired) electrons. The maximum atomic E-state index is 13.1. The Morgan fingerprint density at radius 2 is 1.84 bits per heavy atom. The molecule has 0 bridgehead atoms. The number of amides is 2. The van der Waals surface area contributed by atoms with E-state index in [1.165, 1.54) is 23.1 Å². The second-order valence-corrected chi connectivity index (χ2v) is 6.40. The lowest BCUT2D eigenvalue weighted by molar-refractivity contribution is -0.132. The lowest BCUT2D eigenvalue weighted by Gasteiger charge is -2.18. The summed E-state index contributed by atoms with van der Waals surface area (Å²) in [5.74, 6) is -0.997. The van der Waals surface area contributed by atoms with Gasteiger partial charge in [-0.25, -0.2) is 4.39 Å². The maximum absolute atomic E-state index is 13.1. The summed E-state index contributed by atoms with van der Waals surface area (Å²) < 4.78 is 13.1. The molecule has 0 aliphatic rings. The van der Waals surface area contributed by atoms with Crippen LogP contribution >= 0.6 is 23.2 Å². The number of carbonyl (C=O) groups is 2. The van der Waals surface area contributed by atoms with Crippen molar-refractivity contribution in [3.8, 4) is 0 Å². The molecule has 0 saturated carbocycles. The van der Waals surface area contributed by atoms with Crippen LogP contribution in [0.3, 0.4) is 0 Å². The molecule has 0 aliphatic heterocycles. The summed E-state index contributed by atoms with van der Waals surface area (Å²) >= 11 is 11.8. The van der Waals surface area contributed by atoms with E-state index in [4.69, 9.17) is 23.2 Å². The number of likely N-dealkylation sites (N-methyl/N-ethyl adjacent to an activating group) is 1. The van der Waals surface area contributed by atoms with Crippen molar-refractivity contribution < 1.29 is 14.0 Å². The van der Waals surface area contributed by atoms with Crippen molar-refractivity contribution >= 4 is 35.0 Å². The molecule has 0 saturated heterocycles. The van der Waals surface area contributed by atoms with Gasteiger partial charge < -0.3 is 10.2 Å². The van der Waals surface area contributed by atoms with E-state index in [0.29, 0.717) is 22.2 Å². The van der Waals surface area contributed by atoms with Crippen LogP contribution in [0.25, 0.3) is 0 Å². The summed E-state index contributed by atoms with van der Waals surface area (Å²) in [5, 5.41) is 3.41. The zero-order valence-corrected chi connectivity index (χ0v) is 15.1. The van der Waals surface area contributed by atoms with Gasteiger partial charge in [-0.2, -0.15) is 0 Å². The smallest absolute Gasteiger partial charge is 0.242 e. The first-order valence-electron chi connectivity index (χ1n) is 7.54. The fourth-order valence-corrected chi connectivity index (χ4v) is 2.52. The molecule has 2 amide bonds. The van der Waals surface area contributed by atoms with E-state index in [1.807, 2.05) is 0 Å². The standard InChI is InChI=1S/C18H17Cl2FN2O2/c1-23(11-13-5-6-15(19)16(20)8-13)18(25)10-22-17(24)9-12-3-2-4-14(21)7-12/h2-8H,9-11H2,1H3,(H,22,24). The molecular weight excluding hydrogens is 366 g/mol. The molecule has 0 spiro atoms. The minimum atomic E-state index is -0.400. The third-order valence-electron chi connectivity index (χ3n) is 3.52.